The van der Waals surface area contributed by atoms with Crippen LogP contribution in [0.4, 0.5) is 0 Å². The van der Waals surface area contributed by atoms with E-state index in [1.165, 1.54) is 68.6 Å². The van der Waals surface area contributed by atoms with Crippen molar-refractivity contribution in [3.63, 3.8) is 0 Å². The number of aryl methyl sites for hydroxylation is 2. The van der Waals surface area contributed by atoms with Crippen molar-refractivity contribution < 1.29 is 0 Å². The molecule has 2 N–H and O–H groups in total. The van der Waals surface area contributed by atoms with E-state index < -0.39 is 0 Å². The molecule has 1 unspecified atom stereocenters. The second kappa shape index (κ2) is 5.04. The molecule has 2 aliphatic rings. The highest BCUT2D eigenvalue weighted by Gasteiger charge is 2.25. The number of nitrogens with two attached hydrogens (primary N) is 1. The van der Waals surface area contributed by atoms with Crippen molar-refractivity contribution >= 4 is 0 Å². The van der Waals surface area contributed by atoms with Gasteiger partial charge in [-0.25, -0.2) is 4.98 Å². The number of rotatable bonds is 3. The van der Waals surface area contributed by atoms with Gasteiger partial charge in [-0.2, -0.15) is 0 Å². The molecule has 3 heteroatoms. The summed E-state index contributed by atoms with van der Waals surface area (Å²) >= 11 is 0. The maximum atomic E-state index is 6.42. The molecule has 3 nitrogen and oxygen atoms in total. The lowest BCUT2D eigenvalue weighted by atomic mass is 9.97. The average molecular weight is 247 g/mol. The lowest BCUT2D eigenvalue weighted by molar-refractivity contribution is 0.379. The number of hydrogen-bond acceptors (Lipinski definition) is 2. The molecule has 1 heterocycles. The summed E-state index contributed by atoms with van der Waals surface area (Å²) < 4.78 is 2.41. The van der Waals surface area contributed by atoms with Gasteiger partial charge in [0.25, 0.3) is 0 Å². The summed E-state index contributed by atoms with van der Waals surface area (Å²) in [5.41, 5.74) is 9.25. The van der Waals surface area contributed by atoms with Crippen LogP contribution in [0.5, 0.6) is 0 Å². The standard InChI is InChI=1S/C15H25N3/c1-11-17-14-8-4-5-9-15(14)18(11)10-13(16)12-6-2-3-7-12/h12-13H,2-10,16H2,1H3. The molecule has 1 fully saturated rings. The molecule has 1 atom stereocenters. The van der Waals surface area contributed by atoms with Crippen molar-refractivity contribution in [2.45, 2.75) is 70.9 Å². The van der Waals surface area contributed by atoms with Crippen LogP contribution in [0.1, 0.15) is 55.7 Å². The van der Waals surface area contributed by atoms with Crippen molar-refractivity contribution in [2.24, 2.45) is 11.7 Å². The highest BCUT2D eigenvalue weighted by atomic mass is 15.1. The van der Waals surface area contributed by atoms with Crippen LogP contribution in [0.3, 0.4) is 0 Å². The topological polar surface area (TPSA) is 43.8 Å². The lowest BCUT2D eigenvalue weighted by Gasteiger charge is -2.22. The molecule has 0 radical (unpaired) electrons. The smallest absolute Gasteiger partial charge is 0.106 e. The zero-order valence-electron chi connectivity index (χ0n) is 11.5. The molecule has 0 aliphatic heterocycles. The van der Waals surface area contributed by atoms with E-state index in [1.54, 1.807) is 0 Å². The van der Waals surface area contributed by atoms with E-state index >= 15 is 0 Å². The second-order valence-corrected chi connectivity index (χ2v) is 6.08. The summed E-state index contributed by atoms with van der Waals surface area (Å²) in [6.07, 6.45) is 10.4. The van der Waals surface area contributed by atoms with Crippen LogP contribution in [0, 0.1) is 12.8 Å². The van der Waals surface area contributed by atoms with Crippen LogP contribution in [0.25, 0.3) is 0 Å². The minimum Gasteiger partial charge on any atom is -0.330 e. The van der Waals surface area contributed by atoms with E-state index in [0.717, 1.165) is 12.5 Å². The van der Waals surface area contributed by atoms with Crippen LogP contribution in [0.2, 0.25) is 0 Å². The fourth-order valence-electron chi connectivity index (χ4n) is 3.72. The lowest BCUT2D eigenvalue weighted by Crippen LogP contribution is -2.34. The fraction of sp³-hybridized carbons (Fsp3) is 0.800. The maximum Gasteiger partial charge on any atom is 0.106 e. The minimum absolute atomic E-state index is 0.325. The molecule has 1 saturated carbocycles. The molecule has 0 spiro atoms. The molecule has 0 saturated heterocycles. The van der Waals surface area contributed by atoms with E-state index in [0.29, 0.717) is 6.04 Å². The third-order valence-electron chi connectivity index (χ3n) is 4.82. The second-order valence-electron chi connectivity index (χ2n) is 6.08. The first-order valence-corrected chi connectivity index (χ1v) is 7.56. The molecule has 1 aromatic rings. The van der Waals surface area contributed by atoms with Gasteiger partial charge in [-0.1, -0.05) is 12.8 Å². The van der Waals surface area contributed by atoms with Gasteiger partial charge in [-0.15, -0.1) is 0 Å². The normalized spacial score (nSPS) is 22.1. The van der Waals surface area contributed by atoms with Gasteiger partial charge in [0.2, 0.25) is 0 Å². The van der Waals surface area contributed by atoms with Gasteiger partial charge >= 0.3 is 0 Å². The SMILES string of the molecule is Cc1nc2c(n1CC(N)C1CCCC1)CCCC2. The van der Waals surface area contributed by atoms with E-state index in [2.05, 4.69) is 11.5 Å². The van der Waals surface area contributed by atoms with E-state index in [4.69, 9.17) is 10.7 Å². The zero-order chi connectivity index (χ0) is 12.5. The predicted octanol–water partition coefficient (Wildman–Crippen LogP) is 2.59. The number of fused-ring (bicyclic) bond motifs is 1. The Morgan fingerprint density at radius 2 is 1.94 bits per heavy atom. The van der Waals surface area contributed by atoms with Crippen molar-refractivity contribution in [3.8, 4) is 0 Å². The van der Waals surface area contributed by atoms with Crippen LogP contribution in [0.15, 0.2) is 0 Å². The third-order valence-corrected chi connectivity index (χ3v) is 4.82. The van der Waals surface area contributed by atoms with Crippen LogP contribution in [-0.2, 0) is 19.4 Å². The monoisotopic (exact) mass is 247 g/mol. The molecule has 0 aromatic carbocycles. The molecule has 18 heavy (non-hydrogen) atoms. The Morgan fingerprint density at radius 1 is 1.22 bits per heavy atom. The van der Waals surface area contributed by atoms with Gasteiger partial charge in [0.05, 0.1) is 5.69 Å². The summed E-state index contributed by atoms with van der Waals surface area (Å²) in [4.78, 5) is 4.74. The average Bonchev–Trinajstić information content (AvgIpc) is 2.98. The molecule has 0 amide bonds. The Balaban J connectivity index is 1.77. The van der Waals surface area contributed by atoms with Gasteiger partial charge in [0.1, 0.15) is 5.82 Å². The van der Waals surface area contributed by atoms with Crippen LogP contribution < -0.4 is 5.73 Å². The highest BCUT2D eigenvalue weighted by molar-refractivity contribution is 5.20. The molecule has 1 aromatic heterocycles. The molecule has 2 aliphatic carbocycles. The summed E-state index contributed by atoms with van der Waals surface area (Å²) in [5.74, 6) is 1.92. The molecule has 100 valence electrons. The van der Waals surface area contributed by atoms with Crippen molar-refractivity contribution in [3.05, 3.63) is 17.2 Å². The minimum atomic E-state index is 0.325. The maximum absolute atomic E-state index is 6.42. The first kappa shape index (κ1) is 12.2. The highest BCUT2D eigenvalue weighted by Crippen LogP contribution is 2.29. The molecular weight excluding hydrogens is 222 g/mol. The van der Waals surface area contributed by atoms with E-state index in [-0.39, 0.29) is 0 Å². The summed E-state index contributed by atoms with van der Waals surface area (Å²) in [5, 5.41) is 0. The first-order valence-electron chi connectivity index (χ1n) is 7.56. The third kappa shape index (κ3) is 2.20. The van der Waals surface area contributed by atoms with Gasteiger partial charge < -0.3 is 10.3 Å². The van der Waals surface area contributed by atoms with Gasteiger partial charge in [0.15, 0.2) is 0 Å². The van der Waals surface area contributed by atoms with Gasteiger partial charge in [0, 0.05) is 18.3 Å². The predicted molar refractivity (Wildman–Crippen MR) is 73.5 cm³/mol. The quantitative estimate of drug-likeness (QED) is 0.892. The summed E-state index contributed by atoms with van der Waals surface area (Å²) in [6.45, 7) is 3.12. The first-order chi connectivity index (χ1) is 8.75. The summed E-state index contributed by atoms with van der Waals surface area (Å²) in [6, 6.07) is 0.325. The van der Waals surface area contributed by atoms with Crippen molar-refractivity contribution in [2.75, 3.05) is 0 Å². The van der Waals surface area contributed by atoms with Crippen molar-refractivity contribution in [1.29, 1.82) is 0 Å². The Kier molecular flexibility index (Phi) is 3.42. The molecular formula is C15H25N3. The number of nitrogens with zero attached hydrogens (tertiary/aromatic N) is 2. The Morgan fingerprint density at radius 3 is 2.72 bits per heavy atom. The van der Waals surface area contributed by atoms with Gasteiger partial charge in [-0.3, -0.25) is 0 Å². The largest absolute Gasteiger partial charge is 0.330 e. The van der Waals surface area contributed by atoms with Crippen LogP contribution >= 0.6 is 0 Å². The number of aromatic nitrogens is 2. The van der Waals surface area contributed by atoms with Crippen molar-refractivity contribution in [1.82, 2.24) is 9.55 Å². The summed E-state index contributed by atoms with van der Waals surface area (Å²) in [7, 11) is 0. The van der Waals surface area contributed by atoms with Crippen LogP contribution in [-0.4, -0.2) is 15.6 Å². The Labute approximate surface area is 110 Å². The number of imidazole rings is 1. The Hall–Kier alpha value is -0.830. The zero-order valence-corrected chi connectivity index (χ0v) is 11.5. The fourth-order valence-corrected chi connectivity index (χ4v) is 3.72. The molecule has 3 rings (SSSR count). The Bertz CT molecular complexity index is 416. The van der Waals surface area contributed by atoms with E-state index in [9.17, 15) is 0 Å². The van der Waals surface area contributed by atoms with E-state index in [1.807, 2.05) is 0 Å². The number of hydrogen-bond donors (Lipinski definition) is 1. The molecule has 0 bridgehead atoms. The van der Waals surface area contributed by atoms with Gasteiger partial charge in [-0.05, 0) is 51.4 Å².